The molecule has 2 heterocycles. The molecular formula is C12H14N2OS2. The molecule has 90 valence electrons. The fourth-order valence-corrected chi connectivity index (χ4v) is 3.34. The first-order chi connectivity index (χ1) is 8.09. The highest BCUT2D eigenvalue weighted by Gasteiger charge is 2.14. The maximum Gasteiger partial charge on any atom is 0.164 e. The number of carbonyl (C=O) groups excluding carboxylic acids is 1. The summed E-state index contributed by atoms with van der Waals surface area (Å²) in [5.74, 6) is 0.0702. The molecule has 0 unspecified atom stereocenters. The Morgan fingerprint density at radius 3 is 2.76 bits per heavy atom. The Bertz CT molecular complexity index is 542. The molecule has 0 fully saturated rings. The van der Waals surface area contributed by atoms with Crippen LogP contribution in [0.4, 0.5) is 5.00 Å². The molecule has 0 saturated heterocycles. The van der Waals surface area contributed by atoms with Crippen LogP contribution in [0.5, 0.6) is 0 Å². The highest BCUT2D eigenvalue weighted by molar-refractivity contribution is 7.10. The Hall–Kier alpha value is -1.20. The third-order valence-electron chi connectivity index (χ3n) is 2.62. The van der Waals surface area contributed by atoms with E-state index in [2.05, 4.69) is 27.4 Å². The molecule has 0 amide bonds. The standard InChI is InChI=1S/C12H14N2OS2/c1-7-5-16-6-10(7)4-13-12-11(9(3)15)8(2)14-17-12/h5-6,13H,4H2,1-3H3. The zero-order valence-corrected chi connectivity index (χ0v) is 11.7. The van der Waals surface area contributed by atoms with Gasteiger partial charge in [0.05, 0.1) is 11.3 Å². The Labute approximate surface area is 109 Å². The van der Waals surface area contributed by atoms with E-state index in [-0.39, 0.29) is 5.78 Å². The van der Waals surface area contributed by atoms with Crippen LogP contribution in [0.2, 0.25) is 0 Å². The summed E-state index contributed by atoms with van der Waals surface area (Å²) in [6, 6.07) is 0. The SMILES string of the molecule is CC(=O)c1c(C)nsc1NCc1cscc1C. The molecule has 0 saturated carbocycles. The van der Waals surface area contributed by atoms with Crippen molar-refractivity contribution in [3.8, 4) is 0 Å². The van der Waals surface area contributed by atoms with Gasteiger partial charge in [-0.3, -0.25) is 4.79 Å². The van der Waals surface area contributed by atoms with Gasteiger partial charge in [0.1, 0.15) is 5.00 Å². The largest absolute Gasteiger partial charge is 0.371 e. The predicted octanol–water partition coefficient (Wildman–Crippen LogP) is 3.64. The van der Waals surface area contributed by atoms with E-state index in [1.54, 1.807) is 18.3 Å². The zero-order chi connectivity index (χ0) is 12.4. The van der Waals surface area contributed by atoms with Crippen LogP contribution >= 0.6 is 22.9 Å². The molecule has 5 heteroatoms. The average Bonchev–Trinajstić information content (AvgIpc) is 2.82. The second-order valence-electron chi connectivity index (χ2n) is 3.96. The van der Waals surface area contributed by atoms with Gasteiger partial charge >= 0.3 is 0 Å². The summed E-state index contributed by atoms with van der Waals surface area (Å²) in [7, 11) is 0. The summed E-state index contributed by atoms with van der Waals surface area (Å²) in [5, 5.41) is 8.43. The normalized spacial score (nSPS) is 10.5. The van der Waals surface area contributed by atoms with Gasteiger partial charge in [0.2, 0.25) is 0 Å². The van der Waals surface area contributed by atoms with Gasteiger partial charge in [-0.15, -0.1) is 0 Å². The van der Waals surface area contributed by atoms with E-state index in [0.29, 0.717) is 0 Å². The number of Topliss-reactive ketones (excluding diaryl/α,β-unsaturated/α-hetero) is 1. The second-order valence-corrected chi connectivity index (χ2v) is 5.48. The van der Waals surface area contributed by atoms with Gasteiger partial charge < -0.3 is 5.32 Å². The Morgan fingerprint density at radius 1 is 1.41 bits per heavy atom. The third kappa shape index (κ3) is 2.56. The van der Waals surface area contributed by atoms with E-state index in [9.17, 15) is 4.79 Å². The van der Waals surface area contributed by atoms with Crippen molar-refractivity contribution >= 4 is 33.7 Å². The van der Waals surface area contributed by atoms with E-state index < -0.39 is 0 Å². The van der Waals surface area contributed by atoms with Crippen LogP contribution in [-0.2, 0) is 6.54 Å². The average molecular weight is 266 g/mol. The Kier molecular flexibility index (Phi) is 3.59. The number of anilines is 1. The van der Waals surface area contributed by atoms with Crippen LogP contribution < -0.4 is 5.32 Å². The summed E-state index contributed by atoms with van der Waals surface area (Å²) in [5.41, 5.74) is 4.10. The first kappa shape index (κ1) is 12.3. The van der Waals surface area contributed by atoms with Gasteiger partial charge in [0.25, 0.3) is 0 Å². The molecule has 0 aromatic carbocycles. The van der Waals surface area contributed by atoms with Gasteiger partial charge in [-0.2, -0.15) is 15.7 Å². The van der Waals surface area contributed by atoms with Crippen LogP contribution in [0, 0.1) is 13.8 Å². The van der Waals surface area contributed by atoms with Crippen molar-refractivity contribution < 1.29 is 4.79 Å². The van der Waals surface area contributed by atoms with Crippen LogP contribution in [-0.4, -0.2) is 10.2 Å². The number of ketones is 1. The molecule has 17 heavy (non-hydrogen) atoms. The van der Waals surface area contributed by atoms with E-state index in [1.807, 2.05) is 6.92 Å². The number of carbonyl (C=O) groups is 1. The van der Waals surface area contributed by atoms with E-state index in [0.717, 1.165) is 22.8 Å². The van der Waals surface area contributed by atoms with Crippen molar-refractivity contribution in [2.24, 2.45) is 0 Å². The lowest BCUT2D eigenvalue weighted by atomic mass is 10.2. The summed E-state index contributed by atoms with van der Waals surface area (Å²) in [4.78, 5) is 11.5. The maximum atomic E-state index is 11.5. The predicted molar refractivity (Wildman–Crippen MR) is 73.2 cm³/mol. The fraction of sp³-hybridized carbons (Fsp3) is 0.333. The number of aryl methyl sites for hydroxylation is 2. The monoisotopic (exact) mass is 266 g/mol. The number of thiophene rings is 1. The van der Waals surface area contributed by atoms with E-state index >= 15 is 0 Å². The molecule has 2 aromatic heterocycles. The third-order valence-corrected chi connectivity index (χ3v) is 4.42. The number of rotatable bonds is 4. The molecule has 0 spiro atoms. The van der Waals surface area contributed by atoms with E-state index in [1.165, 1.54) is 22.7 Å². The fourth-order valence-electron chi connectivity index (χ4n) is 1.65. The molecule has 2 rings (SSSR count). The van der Waals surface area contributed by atoms with Crippen LogP contribution in [0.15, 0.2) is 10.8 Å². The first-order valence-electron chi connectivity index (χ1n) is 5.32. The van der Waals surface area contributed by atoms with Gasteiger partial charge in [-0.25, -0.2) is 0 Å². The van der Waals surface area contributed by atoms with Crippen molar-refractivity contribution in [3.05, 3.63) is 33.1 Å². The van der Waals surface area contributed by atoms with Crippen molar-refractivity contribution in [2.75, 3.05) is 5.32 Å². The first-order valence-corrected chi connectivity index (χ1v) is 7.04. The summed E-state index contributed by atoms with van der Waals surface area (Å²) in [6.07, 6.45) is 0. The molecule has 0 radical (unpaired) electrons. The summed E-state index contributed by atoms with van der Waals surface area (Å²) < 4.78 is 4.22. The number of hydrogen-bond donors (Lipinski definition) is 1. The van der Waals surface area contributed by atoms with Crippen LogP contribution in [0.3, 0.4) is 0 Å². The van der Waals surface area contributed by atoms with Crippen molar-refractivity contribution in [1.29, 1.82) is 0 Å². The van der Waals surface area contributed by atoms with Gasteiger partial charge in [0.15, 0.2) is 5.78 Å². The van der Waals surface area contributed by atoms with Crippen LogP contribution in [0.1, 0.15) is 34.1 Å². The minimum absolute atomic E-state index is 0.0702. The van der Waals surface area contributed by atoms with Gasteiger partial charge in [0, 0.05) is 6.54 Å². The minimum Gasteiger partial charge on any atom is -0.371 e. The molecular weight excluding hydrogens is 252 g/mol. The maximum absolute atomic E-state index is 11.5. The number of nitrogens with one attached hydrogen (secondary N) is 1. The van der Waals surface area contributed by atoms with Gasteiger partial charge in [-0.05, 0) is 54.2 Å². The molecule has 0 bridgehead atoms. The van der Waals surface area contributed by atoms with Crippen molar-refractivity contribution in [3.63, 3.8) is 0 Å². The number of aromatic nitrogens is 1. The summed E-state index contributed by atoms with van der Waals surface area (Å²) in [6.45, 7) is 6.29. The lowest BCUT2D eigenvalue weighted by Gasteiger charge is -2.05. The van der Waals surface area contributed by atoms with Crippen LogP contribution in [0.25, 0.3) is 0 Å². The highest BCUT2D eigenvalue weighted by atomic mass is 32.1. The molecule has 2 aromatic rings. The Morgan fingerprint density at radius 2 is 2.18 bits per heavy atom. The molecule has 1 N–H and O–H groups in total. The highest BCUT2D eigenvalue weighted by Crippen LogP contribution is 2.26. The summed E-state index contributed by atoms with van der Waals surface area (Å²) >= 11 is 3.05. The minimum atomic E-state index is 0.0702. The lowest BCUT2D eigenvalue weighted by Crippen LogP contribution is -2.03. The topological polar surface area (TPSA) is 42.0 Å². The zero-order valence-electron chi connectivity index (χ0n) is 10.0. The lowest BCUT2D eigenvalue weighted by molar-refractivity contribution is 0.101. The van der Waals surface area contributed by atoms with E-state index in [4.69, 9.17) is 0 Å². The molecule has 0 aliphatic carbocycles. The smallest absolute Gasteiger partial charge is 0.164 e. The quantitative estimate of drug-likeness (QED) is 0.859. The molecule has 0 aliphatic heterocycles. The number of nitrogens with zero attached hydrogens (tertiary/aromatic N) is 1. The molecule has 3 nitrogen and oxygen atoms in total. The van der Waals surface area contributed by atoms with Crippen molar-refractivity contribution in [1.82, 2.24) is 4.37 Å². The molecule has 0 atom stereocenters. The Balaban J connectivity index is 2.15. The number of hydrogen-bond acceptors (Lipinski definition) is 5. The second kappa shape index (κ2) is 4.98. The van der Waals surface area contributed by atoms with Gasteiger partial charge in [-0.1, -0.05) is 0 Å². The molecule has 0 aliphatic rings. The van der Waals surface area contributed by atoms with Crippen molar-refractivity contribution in [2.45, 2.75) is 27.3 Å².